The number of benzene rings is 1. The molecule has 0 fully saturated rings. The second-order valence-electron chi connectivity index (χ2n) is 2.87. The predicted molar refractivity (Wildman–Crippen MR) is 55.4 cm³/mol. The standard InChI is InChI=1S/C11H15NO/c1-2-9(7-8-12)10-3-5-11(13)6-4-10/h3-7,13H,2,8,12H2,1H3/b9-7-. The Labute approximate surface area is 78.7 Å². The number of phenols is 1. The highest BCUT2D eigenvalue weighted by Gasteiger charge is 1.97. The van der Waals surface area contributed by atoms with Gasteiger partial charge in [0.25, 0.3) is 0 Å². The molecule has 0 amide bonds. The van der Waals surface area contributed by atoms with Crippen LogP contribution >= 0.6 is 0 Å². The Bertz CT molecular complexity index is 287. The molecule has 0 bridgehead atoms. The summed E-state index contributed by atoms with van der Waals surface area (Å²) in [6, 6.07) is 7.19. The third kappa shape index (κ3) is 2.60. The van der Waals surface area contributed by atoms with Crippen LogP contribution in [-0.4, -0.2) is 11.7 Å². The van der Waals surface area contributed by atoms with Gasteiger partial charge in [-0.15, -0.1) is 0 Å². The summed E-state index contributed by atoms with van der Waals surface area (Å²) < 4.78 is 0. The Balaban J connectivity index is 2.92. The van der Waals surface area contributed by atoms with Gasteiger partial charge < -0.3 is 10.8 Å². The van der Waals surface area contributed by atoms with Crippen LogP contribution in [-0.2, 0) is 0 Å². The molecule has 0 aromatic heterocycles. The number of phenolic OH excluding ortho intramolecular Hbond substituents is 1. The summed E-state index contributed by atoms with van der Waals surface area (Å²) in [4.78, 5) is 0. The average Bonchev–Trinajstić information content (AvgIpc) is 2.16. The average molecular weight is 177 g/mol. The first-order chi connectivity index (χ1) is 6.27. The van der Waals surface area contributed by atoms with Crippen molar-refractivity contribution in [1.82, 2.24) is 0 Å². The van der Waals surface area contributed by atoms with Crippen molar-refractivity contribution in [3.8, 4) is 5.75 Å². The summed E-state index contributed by atoms with van der Waals surface area (Å²) in [5.74, 6) is 0.298. The minimum atomic E-state index is 0.298. The molecule has 0 aliphatic rings. The van der Waals surface area contributed by atoms with E-state index in [0.717, 1.165) is 12.0 Å². The summed E-state index contributed by atoms with van der Waals surface area (Å²) in [6.45, 7) is 2.65. The quantitative estimate of drug-likeness (QED) is 0.743. The number of hydrogen-bond donors (Lipinski definition) is 2. The monoisotopic (exact) mass is 177 g/mol. The first-order valence-electron chi connectivity index (χ1n) is 4.46. The molecule has 2 heteroatoms. The fraction of sp³-hybridized carbons (Fsp3) is 0.273. The molecule has 1 rings (SSSR count). The van der Waals surface area contributed by atoms with Crippen LogP contribution in [0.4, 0.5) is 0 Å². The molecule has 0 atom stereocenters. The molecule has 13 heavy (non-hydrogen) atoms. The first kappa shape index (κ1) is 9.81. The zero-order valence-electron chi connectivity index (χ0n) is 7.83. The van der Waals surface area contributed by atoms with Gasteiger partial charge in [0.15, 0.2) is 0 Å². The van der Waals surface area contributed by atoms with Crippen molar-refractivity contribution in [2.24, 2.45) is 5.73 Å². The molecule has 1 aromatic carbocycles. The van der Waals surface area contributed by atoms with Crippen LogP contribution in [0.1, 0.15) is 18.9 Å². The second-order valence-corrected chi connectivity index (χ2v) is 2.87. The highest BCUT2D eigenvalue weighted by Crippen LogP contribution is 2.19. The van der Waals surface area contributed by atoms with Gasteiger partial charge in [0.1, 0.15) is 5.75 Å². The normalized spacial score (nSPS) is 11.7. The van der Waals surface area contributed by atoms with Crippen molar-refractivity contribution in [2.75, 3.05) is 6.54 Å². The van der Waals surface area contributed by atoms with E-state index in [1.54, 1.807) is 12.1 Å². The van der Waals surface area contributed by atoms with Crippen LogP contribution in [0, 0.1) is 0 Å². The van der Waals surface area contributed by atoms with E-state index in [0.29, 0.717) is 12.3 Å². The zero-order chi connectivity index (χ0) is 9.68. The highest BCUT2D eigenvalue weighted by molar-refractivity contribution is 5.65. The Morgan fingerprint density at radius 1 is 1.38 bits per heavy atom. The molecular formula is C11H15NO. The molecule has 0 aliphatic carbocycles. The molecule has 0 aliphatic heterocycles. The SMILES string of the molecule is CC/C(=C/CN)c1ccc(O)cc1. The van der Waals surface area contributed by atoms with E-state index >= 15 is 0 Å². The van der Waals surface area contributed by atoms with E-state index in [2.05, 4.69) is 6.92 Å². The maximum Gasteiger partial charge on any atom is 0.115 e. The number of nitrogens with two attached hydrogens (primary N) is 1. The molecule has 0 unspecified atom stereocenters. The Kier molecular flexibility index (Phi) is 3.53. The Morgan fingerprint density at radius 2 is 2.00 bits per heavy atom. The summed E-state index contributed by atoms with van der Waals surface area (Å²) in [5, 5.41) is 9.10. The molecule has 70 valence electrons. The molecule has 0 radical (unpaired) electrons. The summed E-state index contributed by atoms with van der Waals surface area (Å²) in [7, 11) is 0. The van der Waals surface area contributed by atoms with Gasteiger partial charge in [0.2, 0.25) is 0 Å². The molecular weight excluding hydrogens is 162 g/mol. The van der Waals surface area contributed by atoms with Crippen LogP contribution in [0.3, 0.4) is 0 Å². The number of aromatic hydroxyl groups is 1. The maximum atomic E-state index is 9.10. The third-order valence-electron chi connectivity index (χ3n) is 1.98. The number of hydrogen-bond acceptors (Lipinski definition) is 2. The summed E-state index contributed by atoms with van der Waals surface area (Å²) in [6.07, 6.45) is 2.97. The van der Waals surface area contributed by atoms with E-state index in [1.807, 2.05) is 18.2 Å². The number of rotatable bonds is 3. The van der Waals surface area contributed by atoms with Crippen LogP contribution in [0.5, 0.6) is 5.75 Å². The number of allylic oxidation sites excluding steroid dienone is 1. The predicted octanol–water partition coefficient (Wildman–Crippen LogP) is 2.14. The Hall–Kier alpha value is -1.28. The smallest absolute Gasteiger partial charge is 0.115 e. The first-order valence-corrected chi connectivity index (χ1v) is 4.46. The zero-order valence-corrected chi connectivity index (χ0v) is 7.83. The largest absolute Gasteiger partial charge is 0.508 e. The van der Waals surface area contributed by atoms with Crippen molar-refractivity contribution in [2.45, 2.75) is 13.3 Å². The molecule has 2 nitrogen and oxygen atoms in total. The van der Waals surface area contributed by atoms with Gasteiger partial charge in [-0.25, -0.2) is 0 Å². The van der Waals surface area contributed by atoms with Crippen molar-refractivity contribution in [3.05, 3.63) is 35.9 Å². The van der Waals surface area contributed by atoms with Gasteiger partial charge in [0, 0.05) is 6.54 Å². The molecule has 3 N–H and O–H groups in total. The second kappa shape index (κ2) is 4.67. The third-order valence-corrected chi connectivity index (χ3v) is 1.98. The minimum absolute atomic E-state index is 0.298. The van der Waals surface area contributed by atoms with Crippen LogP contribution in [0.2, 0.25) is 0 Å². The van der Waals surface area contributed by atoms with Gasteiger partial charge >= 0.3 is 0 Å². The molecule has 1 aromatic rings. The van der Waals surface area contributed by atoms with Gasteiger partial charge in [-0.2, -0.15) is 0 Å². The van der Waals surface area contributed by atoms with Crippen molar-refractivity contribution in [3.63, 3.8) is 0 Å². The van der Waals surface area contributed by atoms with Gasteiger partial charge in [-0.1, -0.05) is 25.1 Å². The van der Waals surface area contributed by atoms with E-state index in [1.165, 1.54) is 5.57 Å². The Morgan fingerprint density at radius 3 is 2.46 bits per heavy atom. The summed E-state index contributed by atoms with van der Waals surface area (Å²) >= 11 is 0. The van der Waals surface area contributed by atoms with Gasteiger partial charge in [-0.3, -0.25) is 0 Å². The van der Waals surface area contributed by atoms with Crippen LogP contribution in [0.15, 0.2) is 30.3 Å². The molecule has 0 spiro atoms. The highest BCUT2D eigenvalue weighted by atomic mass is 16.3. The molecule has 0 saturated heterocycles. The van der Waals surface area contributed by atoms with Crippen molar-refractivity contribution in [1.29, 1.82) is 0 Å². The lowest BCUT2D eigenvalue weighted by Crippen LogP contribution is -1.95. The molecule has 0 saturated carbocycles. The van der Waals surface area contributed by atoms with E-state index < -0.39 is 0 Å². The van der Waals surface area contributed by atoms with Gasteiger partial charge in [-0.05, 0) is 29.7 Å². The lowest BCUT2D eigenvalue weighted by Gasteiger charge is -2.04. The van der Waals surface area contributed by atoms with Crippen LogP contribution < -0.4 is 5.73 Å². The minimum Gasteiger partial charge on any atom is -0.508 e. The van der Waals surface area contributed by atoms with Gasteiger partial charge in [0.05, 0.1) is 0 Å². The fourth-order valence-electron chi connectivity index (χ4n) is 1.28. The van der Waals surface area contributed by atoms with E-state index in [9.17, 15) is 0 Å². The topological polar surface area (TPSA) is 46.2 Å². The van der Waals surface area contributed by atoms with E-state index in [-0.39, 0.29) is 0 Å². The van der Waals surface area contributed by atoms with Crippen molar-refractivity contribution >= 4 is 5.57 Å². The molecule has 0 heterocycles. The lowest BCUT2D eigenvalue weighted by atomic mass is 10.0. The fourth-order valence-corrected chi connectivity index (χ4v) is 1.28. The van der Waals surface area contributed by atoms with Crippen molar-refractivity contribution < 1.29 is 5.11 Å². The maximum absolute atomic E-state index is 9.10. The summed E-state index contributed by atoms with van der Waals surface area (Å²) in [5.41, 5.74) is 7.80. The lowest BCUT2D eigenvalue weighted by molar-refractivity contribution is 0.475. The van der Waals surface area contributed by atoms with E-state index in [4.69, 9.17) is 10.8 Å². The van der Waals surface area contributed by atoms with Crippen LogP contribution in [0.25, 0.3) is 5.57 Å².